The molecule has 0 aromatic heterocycles. The predicted molar refractivity (Wildman–Crippen MR) is 57.6 cm³/mol. The summed E-state index contributed by atoms with van der Waals surface area (Å²) in [6.45, 7) is 2.10. The number of para-hydroxylation sites is 1. The second kappa shape index (κ2) is 6.03. The van der Waals surface area contributed by atoms with Crippen molar-refractivity contribution in [3.05, 3.63) is 29.8 Å². The number of ether oxygens (including phenoxy) is 1. The summed E-state index contributed by atoms with van der Waals surface area (Å²) in [6.07, 6.45) is 0.621. The molecule has 0 aliphatic heterocycles. The summed E-state index contributed by atoms with van der Waals surface area (Å²) in [6, 6.07) is 7.29. The van der Waals surface area contributed by atoms with Gasteiger partial charge in [0.2, 0.25) is 0 Å². The van der Waals surface area contributed by atoms with Crippen LogP contribution in [0.2, 0.25) is 0 Å². The van der Waals surface area contributed by atoms with E-state index in [1.54, 1.807) is 6.07 Å². The smallest absolute Gasteiger partial charge is 0.128 e. The summed E-state index contributed by atoms with van der Waals surface area (Å²) in [7, 11) is 0. The zero-order valence-electron chi connectivity index (χ0n) is 8.68. The number of rotatable bonds is 5. The molecule has 0 aliphatic carbocycles. The lowest BCUT2D eigenvalue weighted by atomic mass is 10.1. The summed E-state index contributed by atoms with van der Waals surface area (Å²) in [5, 5.41) is 20.7. The van der Waals surface area contributed by atoms with Gasteiger partial charge in [0, 0.05) is 5.56 Å². The van der Waals surface area contributed by atoms with E-state index in [4.69, 9.17) is 15.1 Å². The first-order valence-corrected chi connectivity index (χ1v) is 4.87. The van der Waals surface area contributed by atoms with E-state index in [1.807, 2.05) is 25.1 Å². The molecule has 0 fully saturated rings. The SMILES string of the molecule is CC/C(=N/O)c1ccccc1OCCO. The summed E-state index contributed by atoms with van der Waals surface area (Å²) in [5.74, 6) is 0.626. The molecular weight excluding hydrogens is 194 g/mol. The molecule has 0 bridgehead atoms. The number of hydrogen-bond acceptors (Lipinski definition) is 4. The van der Waals surface area contributed by atoms with E-state index in [1.165, 1.54) is 0 Å². The molecule has 1 rings (SSSR count). The van der Waals surface area contributed by atoms with Crippen molar-refractivity contribution in [1.29, 1.82) is 0 Å². The second-order valence-electron chi connectivity index (χ2n) is 2.97. The van der Waals surface area contributed by atoms with Crippen molar-refractivity contribution in [2.45, 2.75) is 13.3 Å². The molecule has 0 radical (unpaired) electrons. The molecule has 0 aliphatic rings. The third kappa shape index (κ3) is 2.95. The fourth-order valence-corrected chi connectivity index (χ4v) is 1.30. The van der Waals surface area contributed by atoms with E-state index in [0.29, 0.717) is 17.9 Å². The zero-order valence-corrected chi connectivity index (χ0v) is 8.68. The Kier molecular flexibility index (Phi) is 4.63. The monoisotopic (exact) mass is 209 g/mol. The first-order valence-electron chi connectivity index (χ1n) is 4.87. The fourth-order valence-electron chi connectivity index (χ4n) is 1.30. The van der Waals surface area contributed by atoms with Gasteiger partial charge in [0.1, 0.15) is 12.4 Å². The molecule has 0 amide bonds. The minimum absolute atomic E-state index is 0.0357. The largest absolute Gasteiger partial charge is 0.491 e. The average molecular weight is 209 g/mol. The topological polar surface area (TPSA) is 62.1 Å². The number of oxime groups is 1. The highest BCUT2D eigenvalue weighted by Gasteiger charge is 2.08. The minimum atomic E-state index is -0.0357. The first-order chi connectivity index (χ1) is 7.33. The molecule has 1 aromatic rings. The van der Waals surface area contributed by atoms with E-state index in [-0.39, 0.29) is 13.2 Å². The number of aliphatic hydroxyl groups excluding tert-OH is 1. The predicted octanol–water partition coefficient (Wildman–Crippen LogP) is 1.65. The van der Waals surface area contributed by atoms with Gasteiger partial charge in [-0.15, -0.1) is 0 Å². The Bertz CT molecular complexity index is 336. The van der Waals surface area contributed by atoms with Crippen LogP contribution >= 0.6 is 0 Å². The highest BCUT2D eigenvalue weighted by atomic mass is 16.5. The van der Waals surface area contributed by atoms with Crippen LogP contribution in [0.15, 0.2) is 29.4 Å². The van der Waals surface area contributed by atoms with Gasteiger partial charge in [0.05, 0.1) is 12.3 Å². The lowest BCUT2D eigenvalue weighted by Gasteiger charge is -2.10. The molecule has 0 unspecified atom stereocenters. The van der Waals surface area contributed by atoms with Crippen LogP contribution < -0.4 is 4.74 Å². The molecule has 0 heterocycles. The van der Waals surface area contributed by atoms with Crippen LogP contribution in [0, 0.1) is 0 Å². The minimum Gasteiger partial charge on any atom is -0.491 e. The highest BCUT2D eigenvalue weighted by Crippen LogP contribution is 2.19. The average Bonchev–Trinajstić information content (AvgIpc) is 2.29. The third-order valence-corrected chi connectivity index (χ3v) is 2.00. The first kappa shape index (κ1) is 11.5. The van der Waals surface area contributed by atoms with Crippen molar-refractivity contribution in [3.8, 4) is 5.75 Å². The maximum atomic E-state index is 8.81. The molecule has 0 saturated carbocycles. The van der Waals surface area contributed by atoms with Crippen LogP contribution in [-0.2, 0) is 0 Å². The van der Waals surface area contributed by atoms with Crippen LogP contribution in [0.1, 0.15) is 18.9 Å². The van der Waals surface area contributed by atoms with E-state index >= 15 is 0 Å². The lowest BCUT2D eigenvalue weighted by Crippen LogP contribution is -2.07. The van der Waals surface area contributed by atoms with E-state index in [2.05, 4.69) is 5.16 Å². The summed E-state index contributed by atoms with van der Waals surface area (Å²) < 4.78 is 5.33. The lowest BCUT2D eigenvalue weighted by molar-refractivity contribution is 0.201. The second-order valence-corrected chi connectivity index (χ2v) is 2.97. The molecule has 1 aromatic carbocycles. The normalized spacial score (nSPS) is 11.5. The molecular formula is C11H15NO3. The van der Waals surface area contributed by atoms with Crippen molar-refractivity contribution in [3.63, 3.8) is 0 Å². The Morgan fingerprint density at radius 1 is 1.40 bits per heavy atom. The van der Waals surface area contributed by atoms with Crippen molar-refractivity contribution in [2.24, 2.45) is 5.16 Å². The van der Waals surface area contributed by atoms with Gasteiger partial charge in [0.15, 0.2) is 0 Å². The van der Waals surface area contributed by atoms with Gasteiger partial charge in [-0.2, -0.15) is 0 Å². The molecule has 4 nitrogen and oxygen atoms in total. The fraction of sp³-hybridized carbons (Fsp3) is 0.364. The standard InChI is InChI=1S/C11H15NO3/c1-2-10(12-14)9-5-3-4-6-11(9)15-8-7-13/h3-6,13-14H,2,7-8H2,1H3/b12-10-. The van der Waals surface area contributed by atoms with Gasteiger partial charge < -0.3 is 15.1 Å². The van der Waals surface area contributed by atoms with Crippen LogP contribution in [-0.4, -0.2) is 29.2 Å². The summed E-state index contributed by atoms with van der Waals surface area (Å²) in [4.78, 5) is 0. The van der Waals surface area contributed by atoms with Crippen molar-refractivity contribution in [1.82, 2.24) is 0 Å². The van der Waals surface area contributed by atoms with Gasteiger partial charge in [-0.05, 0) is 18.6 Å². The van der Waals surface area contributed by atoms with Gasteiger partial charge in [-0.1, -0.05) is 24.2 Å². The molecule has 0 spiro atoms. The van der Waals surface area contributed by atoms with Crippen molar-refractivity contribution < 1.29 is 15.1 Å². The maximum Gasteiger partial charge on any atom is 0.128 e. The number of benzene rings is 1. The van der Waals surface area contributed by atoms with Gasteiger partial charge >= 0.3 is 0 Å². The zero-order chi connectivity index (χ0) is 11.1. The van der Waals surface area contributed by atoms with Gasteiger partial charge in [-0.25, -0.2) is 0 Å². The van der Waals surface area contributed by atoms with E-state index < -0.39 is 0 Å². The van der Waals surface area contributed by atoms with Crippen LogP contribution in [0.5, 0.6) is 5.75 Å². The Morgan fingerprint density at radius 3 is 2.73 bits per heavy atom. The van der Waals surface area contributed by atoms with Gasteiger partial charge in [-0.3, -0.25) is 0 Å². The van der Waals surface area contributed by atoms with Crippen molar-refractivity contribution in [2.75, 3.05) is 13.2 Å². The Morgan fingerprint density at radius 2 is 2.13 bits per heavy atom. The van der Waals surface area contributed by atoms with Crippen LogP contribution in [0.25, 0.3) is 0 Å². The molecule has 0 saturated heterocycles. The van der Waals surface area contributed by atoms with Crippen LogP contribution in [0.3, 0.4) is 0 Å². The Hall–Kier alpha value is -1.55. The molecule has 4 heteroatoms. The van der Waals surface area contributed by atoms with Crippen molar-refractivity contribution >= 4 is 5.71 Å². The Labute approximate surface area is 88.8 Å². The number of nitrogens with zero attached hydrogens (tertiary/aromatic N) is 1. The highest BCUT2D eigenvalue weighted by molar-refractivity contribution is 6.02. The summed E-state index contributed by atoms with van der Waals surface area (Å²) in [5.41, 5.74) is 1.33. The third-order valence-electron chi connectivity index (χ3n) is 2.00. The Balaban J connectivity index is 2.95. The maximum absolute atomic E-state index is 8.81. The van der Waals surface area contributed by atoms with E-state index in [9.17, 15) is 0 Å². The quantitative estimate of drug-likeness (QED) is 0.440. The molecule has 0 atom stereocenters. The molecule has 82 valence electrons. The molecule has 15 heavy (non-hydrogen) atoms. The summed E-state index contributed by atoms with van der Waals surface area (Å²) >= 11 is 0. The van der Waals surface area contributed by atoms with Gasteiger partial charge in [0.25, 0.3) is 0 Å². The molecule has 2 N–H and O–H groups in total. The number of aliphatic hydroxyl groups is 1. The van der Waals surface area contributed by atoms with Crippen LogP contribution in [0.4, 0.5) is 0 Å². The number of hydrogen-bond donors (Lipinski definition) is 2. The van der Waals surface area contributed by atoms with E-state index in [0.717, 1.165) is 5.56 Å².